The normalized spacial score (nSPS) is 22.8. The Kier molecular flexibility index (Phi) is 3.51. The summed E-state index contributed by atoms with van der Waals surface area (Å²) < 4.78 is 0. The first kappa shape index (κ1) is 12.6. The van der Waals surface area contributed by atoms with E-state index in [1.165, 1.54) is 6.42 Å². The fourth-order valence-electron chi connectivity index (χ4n) is 2.74. The Hall–Kier alpha value is -1.42. The van der Waals surface area contributed by atoms with Crippen molar-refractivity contribution in [2.24, 2.45) is 0 Å². The second-order valence-corrected chi connectivity index (χ2v) is 6.26. The molecule has 1 aromatic carbocycles. The third-order valence-electron chi connectivity index (χ3n) is 3.87. The van der Waals surface area contributed by atoms with Gasteiger partial charge in [0.2, 0.25) is 0 Å². The highest BCUT2D eigenvalue weighted by molar-refractivity contribution is 7.99. The quantitative estimate of drug-likeness (QED) is 0.903. The predicted octanol–water partition coefficient (Wildman–Crippen LogP) is 3.18. The summed E-state index contributed by atoms with van der Waals surface area (Å²) >= 11 is 1.91. The number of carbonyl (C=O) groups is 1. The lowest BCUT2D eigenvalue weighted by Gasteiger charge is -2.12. The molecular formula is C15H18N2OS. The fourth-order valence-corrected chi connectivity index (χ4v) is 3.54. The lowest BCUT2D eigenvalue weighted by molar-refractivity contribution is 0.0938. The SMILES string of the molecule is CSC1CCC(NC(=O)c2ccc3cc[nH]c3c2)C1. The minimum Gasteiger partial charge on any atom is -0.361 e. The van der Waals surface area contributed by atoms with Crippen molar-refractivity contribution < 1.29 is 4.79 Å². The maximum atomic E-state index is 12.2. The number of thioether (sulfide) groups is 1. The lowest BCUT2D eigenvalue weighted by atomic mass is 10.1. The van der Waals surface area contributed by atoms with Crippen LogP contribution in [0.25, 0.3) is 10.9 Å². The number of H-pyrrole nitrogens is 1. The molecule has 100 valence electrons. The number of fused-ring (bicyclic) bond motifs is 1. The zero-order chi connectivity index (χ0) is 13.2. The molecule has 1 saturated carbocycles. The van der Waals surface area contributed by atoms with Crippen molar-refractivity contribution in [2.45, 2.75) is 30.6 Å². The van der Waals surface area contributed by atoms with Crippen LogP contribution in [-0.4, -0.2) is 28.4 Å². The Morgan fingerprint density at radius 3 is 3.05 bits per heavy atom. The first-order chi connectivity index (χ1) is 9.26. The Morgan fingerprint density at radius 2 is 2.26 bits per heavy atom. The molecule has 1 aromatic heterocycles. The number of aromatic nitrogens is 1. The zero-order valence-corrected chi connectivity index (χ0v) is 11.8. The topological polar surface area (TPSA) is 44.9 Å². The predicted molar refractivity (Wildman–Crippen MR) is 80.7 cm³/mol. The Morgan fingerprint density at radius 1 is 1.37 bits per heavy atom. The van der Waals surface area contributed by atoms with Crippen LogP contribution >= 0.6 is 11.8 Å². The summed E-state index contributed by atoms with van der Waals surface area (Å²) in [6.07, 6.45) is 7.45. The van der Waals surface area contributed by atoms with Crippen molar-refractivity contribution in [3.05, 3.63) is 36.0 Å². The molecule has 1 heterocycles. The van der Waals surface area contributed by atoms with E-state index < -0.39 is 0 Å². The van der Waals surface area contributed by atoms with Gasteiger partial charge in [-0.3, -0.25) is 4.79 Å². The zero-order valence-electron chi connectivity index (χ0n) is 11.0. The molecule has 1 aliphatic rings. The van der Waals surface area contributed by atoms with Gasteiger partial charge in [-0.2, -0.15) is 11.8 Å². The summed E-state index contributed by atoms with van der Waals surface area (Å²) in [5, 5.41) is 4.99. The second-order valence-electron chi connectivity index (χ2n) is 5.12. The third kappa shape index (κ3) is 2.63. The number of nitrogens with one attached hydrogen (secondary N) is 2. The van der Waals surface area contributed by atoms with Crippen molar-refractivity contribution in [1.29, 1.82) is 0 Å². The van der Waals surface area contributed by atoms with Gasteiger partial charge in [0.1, 0.15) is 0 Å². The van der Waals surface area contributed by atoms with Gasteiger partial charge in [0.05, 0.1) is 0 Å². The van der Waals surface area contributed by atoms with Gasteiger partial charge in [0.25, 0.3) is 5.91 Å². The summed E-state index contributed by atoms with van der Waals surface area (Å²) in [7, 11) is 0. The molecule has 2 N–H and O–H groups in total. The molecule has 0 bridgehead atoms. The van der Waals surface area contributed by atoms with E-state index >= 15 is 0 Å². The highest BCUT2D eigenvalue weighted by atomic mass is 32.2. The molecule has 0 radical (unpaired) electrons. The van der Waals surface area contributed by atoms with Crippen molar-refractivity contribution >= 4 is 28.6 Å². The molecule has 1 fully saturated rings. The molecule has 1 amide bonds. The molecule has 4 heteroatoms. The Bertz CT molecular complexity index is 593. The van der Waals surface area contributed by atoms with Crippen LogP contribution in [0, 0.1) is 0 Å². The maximum absolute atomic E-state index is 12.2. The number of hydrogen-bond acceptors (Lipinski definition) is 2. The smallest absolute Gasteiger partial charge is 0.251 e. The van der Waals surface area contributed by atoms with Gasteiger partial charge >= 0.3 is 0 Å². The molecule has 0 spiro atoms. The number of benzene rings is 1. The van der Waals surface area contributed by atoms with E-state index in [0.717, 1.165) is 29.3 Å². The number of aromatic amines is 1. The Balaban J connectivity index is 1.69. The van der Waals surface area contributed by atoms with Gasteiger partial charge in [-0.25, -0.2) is 0 Å². The molecule has 1 aliphatic carbocycles. The summed E-state index contributed by atoms with van der Waals surface area (Å²) in [5.41, 5.74) is 1.75. The first-order valence-electron chi connectivity index (χ1n) is 6.67. The average Bonchev–Trinajstić information content (AvgIpc) is 3.05. The van der Waals surface area contributed by atoms with Crippen LogP contribution in [0.5, 0.6) is 0 Å². The highest BCUT2D eigenvalue weighted by Crippen LogP contribution is 2.28. The van der Waals surface area contributed by atoms with Crippen molar-refractivity contribution in [2.75, 3.05) is 6.26 Å². The number of hydrogen-bond donors (Lipinski definition) is 2. The van der Waals surface area contributed by atoms with E-state index in [0.29, 0.717) is 11.3 Å². The molecule has 2 unspecified atom stereocenters. The van der Waals surface area contributed by atoms with Gasteiger partial charge < -0.3 is 10.3 Å². The minimum absolute atomic E-state index is 0.0447. The molecule has 0 saturated heterocycles. The standard InChI is InChI=1S/C15H18N2OS/c1-19-13-5-4-12(9-13)17-15(18)11-3-2-10-6-7-16-14(10)8-11/h2-3,6-8,12-13,16H,4-5,9H2,1H3,(H,17,18). The van der Waals surface area contributed by atoms with Crippen LogP contribution in [0.2, 0.25) is 0 Å². The Labute approximate surface area is 117 Å². The van der Waals surface area contributed by atoms with Gasteiger partial charge in [0.15, 0.2) is 0 Å². The maximum Gasteiger partial charge on any atom is 0.251 e. The summed E-state index contributed by atoms with van der Waals surface area (Å²) in [5.74, 6) is 0.0447. The van der Waals surface area contributed by atoms with Crippen LogP contribution in [0.3, 0.4) is 0 Å². The molecule has 0 aliphatic heterocycles. The van der Waals surface area contributed by atoms with E-state index in [4.69, 9.17) is 0 Å². The van der Waals surface area contributed by atoms with Crippen molar-refractivity contribution in [1.82, 2.24) is 10.3 Å². The molecule has 2 atom stereocenters. The van der Waals surface area contributed by atoms with E-state index in [-0.39, 0.29) is 5.91 Å². The van der Waals surface area contributed by atoms with Crippen molar-refractivity contribution in [3.8, 4) is 0 Å². The van der Waals surface area contributed by atoms with Crippen molar-refractivity contribution in [3.63, 3.8) is 0 Å². The molecule has 3 nitrogen and oxygen atoms in total. The second kappa shape index (κ2) is 5.29. The molecule has 3 rings (SSSR count). The summed E-state index contributed by atoms with van der Waals surface area (Å²) in [4.78, 5) is 15.4. The monoisotopic (exact) mass is 274 g/mol. The van der Waals surface area contributed by atoms with Gasteiger partial charge in [-0.1, -0.05) is 6.07 Å². The number of carbonyl (C=O) groups excluding carboxylic acids is 1. The van der Waals surface area contributed by atoms with Crippen LogP contribution < -0.4 is 5.32 Å². The largest absolute Gasteiger partial charge is 0.361 e. The summed E-state index contributed by atoms with van der Waals surface area (Å²) in [6, 6.07) is 8.15. The summed E-state index contributed by atoms with van der Waals surface area (Å²) in [6.45, 7) is 0. The molecular weight excluding hydrogens is 256 g/mol. The van der Waals surface area contributed by atoms with Gasteiger partial charge in [-0.05, 0) is 49.1 Å². The van der Waals surface area contributed by atoms with Crippen LogP contribution in [0.4, 0.5) is 0 Å². The van der Waals surface area contributed by atoms with Crippen LogP contribution in [0.15, 0.2) is 30.5 Å². The van der Waals surface area contributed by atoms with E-state index in [2.05, 4.69) is 16.6 Å². The van der Waals surface area contributed by atoms with Crippen LogP contribution in [0.1, 0.15) is 29.6 Å². The van der Waals surface area contributed by atoms with E-state index in [1.54, 1.807) is 0 Å². The molecule has 19 heavy (non-hydrogen) atoms. The van der Waals surface area contributed by atoms with E-state index in [9.17, 15) is 4.79 Å². The number of rotatable bonds is 3. The van der Waals surface area contributed by atoms with Crippen LogP contribution in [-0.2, 0) is 0 Å². The molecule has 2 aromatic rings. The third-order valence-corrected chi connectivity index (χ3v) is 4.97. The van der Waals surface area contributed by atoms with Gasteiger partial charge in [-0.15, -0.1) is 0 Å². The highest BCUT2D eigenvalue weighted by Gasteiger charge is 2.25. The van der Waals surface area contributed by atoms with Gasteiger partial charge in [0, 0.05) is 28.6 Å². The number of amides is 1. The fraction of sp³-hybridized carbons (Fsp3) is 0.400. The first-order valence-corrected chi connectivity index (χ1v) is 7.96. The minimum atomic E-state index is 0.0447. The van der Waals surface area contributed by atoms with E-state index in [1.807, 2.05) is 42.2 Å². The average molecular weight is 274 g/mol. The lowest BCUT2D eigenvalue weighted by Crippen LogP contribution is -2.33.